The Balaban J connectivity index is 2.13. The van der Waals surface area contributed by atoms with Crippen LogP contribution in [0.3, 0.4) is 0 Å². The van der Waals surface area contributed by atoms with Crippen molar-refractivity contribution in [2.75, 3.05) is 6.54 Å². The maximum atomic E-state index is 5.64. The van der Waals surface area contributed by atoms with Gasteiger partial charge in [0.25, 0.3) is 0 Å². The summed E-state index contributed by atoms with van der Waals surface area (Å²) in [7, 11) is 0. The molecular formula is C12H13N5S. The molecule has 0 saturated heterocycles. The molecule has 3 rings (SSSR count). The first-order valence-corrected chi connectivity index (χ1v) is 6.58. The van der Waals surface area contributed by atoms with E-state index in [1.54, 1.807) is 15.9 Å². The van der Waals surface area contributed by atoms with Crippen molar-refractivity contribution in [3.05, 3.63) is 35.7 Å². The molecule has 6 heteroatoms. The van der Waals surface area contributed by atoms with E-state index in [-0.39, 0.29) is 0 Å². The molecule has 18 heavy (non-hydrogen) atoms. The van der Waals surface area contributed by atoms with Crippen LogP contribution in [0.5, 0.6) is 0 Å². The largest absolute Gasteiger partial charge is 0.330 e. The molecule has 0 bridgehead atoms. The highest BCUT2D eigenvalue weighted by molar-refractivity contribution is 7.19. The van der Waals surface area contributed by atoms with Crippen LogP contribution in [-0.4, -0.2) is 26.4 Å². The van der Waals surface area contributed by atoms with Crippen LogP contribution in [0.4, 0.5) is 0 Å². The lowest BCUT2D eigenvalue weighted by molar-refractivity contribution is 0.895. The average molecular weight is 259 g/mol. The van der Waals surface area contributed by atoms with Crippen LogP contribution in [0.2, 0.25) is 0 Å². The molecule has 0 aliphatic rings. The third-order valence-corrected chi connectivity index (χ3v) is 3.74. The molecule has 0 spiro atoms. The fraction of sp³-hybridized carbons (Fsp3) is 0.250. The summed E-state index contributed by atoms with van der Waals surface area (Å²) < 4.78 is 1.78. The van der Waals surface area contributed by atoms with Gasteiger partial charge in [-0.1, -0.05) is 35.6 Å². The van der Waals surface area contributed by atoms with Gasteiger partial charge in [-0.25, -0.2) is 0 Å². The number of fused-ring (bicyclic) bond motifs is 1. The van der Waals surface area contributed by atoms with Crippen molar-refractivity contribution < 1.29 is 0 Å². The average Bonchev–Trinajstić information content (AvgIpc) is 2.93. The first-order chi connectivity index (χ1) is 8.79. The predicted octanol–water partition coefficient (Wildman–Crippen LogP) is 1.66. The van der Waals surface area contributed by atoms with Gasteiger partial charge >= 0.3 is 0 Å². The fourth-order valence-electron chi connectivity index (χ4n) is 1.93. The molecule has 2 aromatic heterocycles. The van der Waals surface area contributed by atoms with Gasteiger partial charge in [0, 0.05) is 5.56 Å². The van der Waals surface area contributed by atoms with Gasteiger partial charge in [0.1, 0.15) is 5.01 Å². The van der Waals surface area contributed by atoms with Crippen LogP contribution < -0.4 is 5.73 Å². The molecule has 2 heterocycles. The fourth-order valence-corrected chi connectivity index (χ4v) is 2.87. The zero-order valence-corrected chi connectivity index (χ0v) is 10.8. The molecule has 0 fully saturated rings. The van der Waals surface area contributed by atoms with Crippen LogP contribution >= 0.6 is 11.3 Å². The maximum absolute atomic E-state index is 5.64. The molecule has 3 aromatic rings. The number of aryl methyl sites for hydroxylation is 1. The van der Waals surface area contributed by atoms with Gasteiger partial charge in [-0.3, -0.25) is 0 Å². The summed E-state index contributed by atoms with van der Waals surface area (Å²) in [5, 5.41) is 13.6. The SMILES string of the molecule is Cc1nnc2sc(-c3ccccc3CCN)nn12. The second-order valence-corrected chi connectivity index (χ2v) is 5.00. The van der Waals surface area contributed by atoms with E-state index >= 15 is 0 Å². The molecular weight excluding hydrogens is 246 g/mol. The van der Waals surface area contributed by atoms with Gasteiger partial charge in [0.05, 0.1) is 0 Å². The zero-order valence-electron chi connectivity index (χ0n) is 10.00. The summed E-state index contributed by atoms with van der Waals surface area (Å²) in [4.78, 5) is 0.824. The number of benzene rings is 1. The van der Waals surface area contributed by atoms with Crippen LogP contribution in [0.25, 0.3) is 15.5 Å². The third-order valence-electron chi connectivity index (χ3n) is 2.81. The molecule has 0 aliphatic carbocycles. The Morgan fingerprint density at radius 1 is 1.28 bits per heavy atom. The number of hydrogen-bond acceptors (Lipinski definition) is 5. The minimum Gasteiger partial charge on any atom is -0.330 e. The minimum absolute atomic E-state index is 0.639. The summed E-state index contributed by atoms with van der Waals surface area (Å²) in [5.74, 6) is 0.809. The third kappa shape index (κ3) is 1.79. The lowest BCUT2D eigenvalue weighted by Crippen LogP contribution is -2.03. The molecule has 92 valence electrons. The molecule has 0 atom stereocenters. The van der Waals surface area contributed by atoms with Crippen molar-refractivity contribution in [3.63, 3.8) is 0 Å². The van der Waals surface area contributed by atoms with Crippen molar-refractivity contribution in [1.82, 2.24) is 19.8 Å². The van der Waals surface area contributed by atoms with Gasteiger partial charge in [-0.05, 0) is 25.5 Å². The van der Waals surface area contributed by atoms with E-state index in [9.17, 15) is 0 Å². The van der Waals surface area contributed by atoms with Gasteiger partial charge in [0.15, 0.2) is 5.82 Å². The van der Waals surface area contributed by atoms with Crippen LogP contribution in [-0.2, 0) is 6.42 Å². The van der Waals surface area contributed by atoms with Crippen LogP contribution in [0, 0.1) is 6.92 Å². The van der Waals surface area contributed by atoms with Crippen LogP contribution in [0.1, 0.15) is 11.4 Å². The summed E-state index contributed by atoms with van der Waals surface area (Å²) >= 11 is 1.55. The molecule has 0 radical (unpaired) electrons. The lowest BCUT2D eigenvalue weighted by Gasteiger charge is -2.04. The number of rotatable bonds is 3. The Kier molecular flexibility index (Phi) is 2.81. The van der Waals surface area contributed by atoms with Gasteiger partial charge in [0.2, 0.25) is 4.96 Å². The topological polar surface area (TPSA) is 69.1 Å². The zero-order chi connectivity index (χ0) is 12.5. The van der Waals surface area contributed by atoms with E-state index in [0.29, 0.717) is 6.54 Å². The molecule has 0 unspecified atom stereocenters. The second-order valence-electron chi connectivity index (χ2n) is 4.04. The van der Waals surface area contributed by atoms with Gasteiger partial charge in [-0.2, -0.15) is 9.61 Å². The monoisotopic (exact) mass is 259 g/mol. The van der Waals surface area contributed by atoms with Crippen molar-refractivity contribution in [3.8, 4) is 10.6 Å². The van der Waals surface area contributed by atoms with Crippen molar-refractivity contribution in [2.45, 2.75) is 13.3 Å². The molecule has 5 nitrogen and oxygen atoms in total. The van der Waals surface area contributed by atoms with Crippen molar-refractivity contribution in [1.29, 1.82) is 0 Å². The van der Waals surface area contributed by atoms with E-state index in [1.165, 1.54) is 5.56 Å². The molecule has 1 aromatic carbocycles. The first-order valence-electron chi connectivity index (χ1n) is 5.77. The van der Waals surface area contributed by atoms with E-state index < -0.39 is 0 Å². The van der Waals surface area contributed by atoms with E-state index in [1.807, 2.05) is 19.1 Å². The Bertz CT molecular complexity index is 685. The highest BCUT2D eigenvalue weighted by Crippen LogP contribution is 2.28. The maximum Gasteiger partial charge on any atom is 0.234 e. The normalized spacial score (nSPS) is 11.2. The second kappa shape index (κ2) is 4.47. The summed E-state index contributed by atoms with van der Waals surface area (Å²) in [6, 6.07) is 8.22. The Morgan fingerprint density at radius 2 is 2.11 bits per heavy atom. The number of hydrogen-bond donors (Lipinski definition) is 1. The molecule has 0 amide bonds. The van der Waals surface area contributed by atoms with E-state index in [4.69, 9.17) is 5.73 Å². The molecule has 0 aliphatic heterocycles. The highest BCUT2D eigenvalue weighted by atomic mass is 32.1. The standard InChI is InChI=1S/C12H13N5S/c1-8-14-15-12-17(8)16-11(18-12)10-5-3-2-4-9(10)6-7-13/h2-5H,6-7,13H2,1H3. The Labute approximate surface area is 108 Å². The molecule has 2 N–H and O–H groups in total. The lowest BCUT2D eigenvalue weighted by atomic mass is 10.1. The Hall–Kier alpha value is -1.79. The van der Waals surface area contributed by atoms with Gasteiger partial charge < -0.3 is 5.73 Å². The Morgan fingerprint density at radius 3 is 2.89 bits per heavy atom. The van der Waals surface area contributed by atoms with Crippen molar-refractivity contribution >= 4 is 16.3 Å². The van der Waals surface area contributed by atoms with Gasteiger partial charge in [-0.15, -0.1) is 10.2 Å². The smallest absolute Gasteiger partial charge is 0.234 e. The van der Waals surface area contributed by atoms with Crippen LogP contribution in [0.15, 0.2) is 24.3 Å². The van der Waals surface area contributed by atoms with Crippen molar-refractivity contribution in [2.24, 2.45) is 5.73 Å². The number of aromatic nitrogens is 4. The number of nitrogens with two attached hydrogens (primary N) is 1. The first kappa shape index (κ1) is 11.3. The van der Waals surface area contributed by atoms with E-state index in [2.05, 4.69) is 27.4 Å². The minimum atomic E-state index is 0.639. The number of nitrogens with zero attached hydrogens (tertiary/aromatic N) is 4. The molecule has 0 saturated carbocycles. The predicted molar refractivity (Wildman–Crippen MR) is 71.6 cm³/mol. The summed E-state index contributed by atoms with van der Waals surface area (Å²) in [5.41, 5.74) is 8.00. The quantitative estimate of drug-likeness (QED) is 0.776. The highest BCUT2D eigenvalue weighted by Gasteiger charge is 2.12. The van der Waals surface area contributed by atoms with E-state index in [0.717, 1.165) is 27.8 Å². The summed E-state index contributed by atoms with van der Waals surface area (Å²) in [6.07, 6.45) is 0.856. The summed E-state index contributed by atoms with van der Waals surface area (Å²) in [6.45, 7) is 2.54.